The van der Waals surface area contributed by atoms with Crippen LogP contribution in [0.2, 0.25) is 0 Å². The van der Waals surface area contributed by atoms with Crippen molar-refractivity contribution < 1.29 is 4.74 Å². The first-order valence-electron chi connectivity index (χ1n) is 5.59. The van der Waals surface area contributed by atoms with E-state index in [-0.39, 0.29) is 23.1 Å². The third-order valence-electron chi connectivity index (χ3n) is 2.56. The van der Waals surface area contributed by atoms with Crippen LogP contribution in [0.15, 0.2) is 36.4 Å². The first-order chi connectivity index (χ1) is 7.72. The SMILES string of the molecule is Br.CC(C)Oc1ccc(CN)c2ccccc12. The van der Waals surface area contributed by atoms with E-state index in [9.17, 15) is 0 Å². The number of hydrogen-bond donors (Lipinski definition) is 1. The van der Waals surface area contributed by atoms with Gasteiger partial charge in [-0.1, -0.05) is 30.3 Å². The predicted octanol–water partition coefficient (Wildman–Crippen LogP) is 3.66. The Bertz CT molecular complexity index is 497. The summed E-state index contributed by atoms with van der Waals surface area (Å²) >= 11 is 0. The molecule has 2 aromatic carbocycles. The van der Waals surface area contributed by atoms with Gasteiger partial charge in [-0.2, -0.15) is 0 Å². The molecule has 92 valence electrons. The van der Waals surface area contributed by atoms with Crippen LogP contribution in [0.1, 0.15) is 19.4 Å². The second-order valence-electron chi connectivity index (χ2n) is 4.14. The fourth-order valence-electron chi connectivity index (χ4n) is 1.87. The van der Waals surface area contributed by atoms with E-state index in [1.807, 2.05) is 38.1 Å². The minimum Gasteiger partial charge on any atom is -0.490 e. The number of ether oxygens (including phenoxy) is 1. The monoisotopic (exact) mass is 295 g/mol. The quantitative estimate of drug-likeness (QED) is 0.938. The highest BCUT2D eigenvalue weighted by Gasteiger charge is 2.06. The van der Waals surface area contributed by atoms with E-state index in [0.29, 0.717) is 6.54 Å². The first kappa shape index (κ1) is 14.0. The smallest absolute Gasteiger partial charge is 0.127 e. The Morgan fingerprint density at radius 2 is 1.71 bits per heavy atom. The normalized spacial score (nSPS) is 10.4. The Morgan fingerprint density at radius 3 is 2.29 bits per heavy atom. The van der Waals surface area contributed by atoms with Crippen LogP contribution < -0.4 is 10.5 Å². The van der Waals surface area contributed by atoms with Crippen LogP contribution in [0.4, 0.5) is 0 Å². The molecule has 0 unspecified atom stereocenters. The molecule has 0 heterocycles. The van der Waals surface area contributed by atoms with E-state index >= 15 is 0 Å². The standard InChI is InChI=1S/C14H17NO.BrH/c1-10(2)16-14-8-7-11(9-15)12-5-3-4-6-13(12)14;/h3-8,10H,9,15H2,1-2H3;1H. The highest BCUT2D eigenvalue weighted by molar-refractivity contribution is 8.93. The van der Waals surface area contributed by atoms with Crippen molar-refractivity contribution in [1.82, 2.24) is 0 Å². The maximum Gasteiger partial charge on any atom is 0.127 e. The summed E-state index contributed by atoms with van der Waals surface area (Å²) in [5.74, 6) is 0.933. The summed E-state index contributed by atoms with van der Waals surface area (Å²) < 4.78 is 5.79. The summed E-state index contributed by atoms with van der Waals surface area (Å²) in [7, 11) is 0. The number of fused-ring (bicyclic) bond motifs is 1. The molecule has 17 heavy (non-hydrogen) atoms. The van der Waals surface area contributed by atoms with E-state index < -0.39 is 0 Å². The van der Waals surface area contributed by atoms with Crippen molar-refractivity contribution in [3.05, 3.63) is 42.0 Å². The zero-order valence-corrected chi connectivity index (χ0v) is 11.9. The summed E-state index contributed by atoms with van der Waals surface area (Å²) in [5, 5.41) is 2.32. The minimum atomic E-state index is 0. The summed E-state index contributed by atoms with van der Waals surface area (Å²) in [6.07, 6.45) is 0.187. The van der Waals surface area contributed by atoms with E-state index in [1.54, 1.807) is 0 Å². The van der Waals surface area contributed by atoms with E-state index in [4.69, 9.17) is 10.5 Å². The van der Waals surface area contributed by atoms with Crippen molar-refractivity contribution in [3.8, 4) is 5.75 Å². The molecule has 0 saturated heterocycles. The van der Waals surface area contributed by atoms with Gasteiger partial charge in [0.05, 0.1) is 6.10 Å². The molecule has 0 fully saturated rings. The van der Waals surface area contributed by atoms with Crippen LogP contribution in [0.5, 0.6) is 5.75 Å². The molecule has 2 nitrogen and oxygen atoms in total. The number of hydrogen-bond acceptors (Lipinski definition) is 2. The third-order valence-corrected chi connectivity index (χ3v) is 2.56. The van der Waals surface area contributed by atoms with Crippen LogP contribution >= 0.6 is 17.0 Å². The van der Waals surface area contributed by atoms with Gasteiger partial charge in [-0.25, -0.2) is 0 Å². The molecule has 0 spiro atoms. The summed E-state index contributed by atoms with van der Waals surface area (Å²) in [6, 6.07) is 12.3. The van der Waals surface area contributed by atoms with Crippen LogP contribution in [-0.4, -0.2) is 6.10 Å². The average Bonchev–Trinajstić information content (AvgIpc) is 2.29. The van der Waals surface area contributed by atoms with Gasteiger partial charge < -0.3 is 10.5 Å². The molecule has 2 rings (SSSR count). The lowest BCUT2D eigenvalue weighted by Crippen LogP contribution is -2.06. The molecular weight excluding hydrogens is 278 g/mol. The molecule has 0 aliphatic carbocycles. The van der Waals surface area contributed by atoms with Crippen LogP contribution in [-0.2, 0) is 6.54 Å². The number of rotatable bonds is 3. The van der Waals surface area contributed by atoms with Crippen molar-refractivity contribution in [2.24, 2.45) is 5.73 Å². The highest BCUT2D eigenvalue weighted by Crippen LogP contribution is 2.28. The highest BCUT2D eigenvalue weighted by atomic mass is 79.9. The second kappa shape index (κ2) is 6.03. The van der Waals surface area contributed by atoms with Crippen molar-refractivity contribution in [3.63, 3.8) is 0 Å². The lowest BCUT2D eigenvalue weighted by Gasteiger charge is -2.14. The van der Waals surface area contributed by atoms with Crippen molar-refractivity contribution in [1.29, 1.82) is 0 Å². The van der Waals surface area contributed by atoms with E-state index in [0.717, 1.165) is 16.7 Å². The van der Waals surface area contributed by atoms with Gasteiger partial charge in [0.2, 0.25) is 0 Å². The van der Waals surface area contributed by atoms with Crippen LogP contribution in [0, 0.1) is 0 Å². The minimum absolute atomic E-state index is 0. The van der Waals surface area contributed by atoms with Gasteiger partial charge in [0.15, 0.2) is 0 Å². The lowest BCUT2D eigenvalue weighted by atomic mass is 10.0. The first-order valence-corrected chi connectivity index (χ1v) is 5.59. The van der Waals surface area contributed by atoms with E-state index in [2.05, 4.69) is 12.1 Å². The molecule has 0 amide bonds. The summed E-state index contributed by atoms with van der Waals surface area (Å²) in [5.41, 5.74) is 6.89. The topological polar surface area (TPSA) is 35.2 Å². The third kappa shape index (κ3) is 2.99. The van der Waals surface area contributed by atoms with Crippen molar-refractivity contribution in [2.45, 2.75) is 26.5 Å². The second-order valence-corrected chi connectivity index (χ2v) is 4.14. The Labute approximate surface area is 113 Å². The zero-order chi connectivity index (χ0) is 11.5. The van der Waals surface area contributed by atoms with Gasteiger partial charge in [0, 0.05) is 11.9 Å². The van der Waals surface area contributed by atoms with Crippen molar-refractivity contribution >= 4 is 27.8 Å². The predicted molar refractivity (Wildman–Crippen MR) is 77.9 cm³/mol. The molecule has 0 bridgehead atoms. The van der Waals surface area contributed by atoms with Gasteiger partial charge in [-0.3, -0.25) is 0 Å². The van der Waals surface area contributed by atoms with Crippen LogP contribution in [0.3, 0.4) is 0 Å². The van der Waals surface area contributed by atoms with Crippen LogP contribution in [0.25, 0.3) is 10.8 Å². The summed E-state index contributed by atoms with van der Waals surface area (Å²) in [4.78, 5) is 0. The number of halogens is 1. The molecule has 0 radical (unpaired) electrons. The van der Waals surface area contributed by atoms with Gasteiger partial charge in [0.1, 0.15) is 5.75 Å². The molecule has 3 heteroatoms. The molecule has 2 N–H and O–H groups in total. The number of benzene rings is 2. The number of nitrogens with two attached hydrogens (primary N) is 1. The van der Waals surface area contributed by atoms with E-state index in [1.165, 1.54) is 5.39 Å². The average molecular weight is 296 g/mol. The molecule has 0 aliphatic heterocycles. The molecule has 0 atom stereocenters. The van der Waals surface area contributed by atoms with Gasteiger partial charge >= 0.3 is 0 Å². The maximum absolute atomic E-state index is 5.79. The maximum atomic E-state index is 5.79. The molecule has 0 aliphatic rings. The Morgan fingerprint density at radius 1 is 1.06 bits per heavy atom. The molecular formula is C14H18BrNO. The van der Waals surface area contributed by atoms with Crippen molar-refractivity contribution in [2.75, 3.05) is 0 Å². The van der Waals surface area contributed by atoms with Gasteiger partial charge in [0.25, 0.3) is 0 Å². The fourth-order valence-corrected chi connectivity index (χ4v) is 1.87. The Hall–Kier alpha value is -1.06. The Kier molecular flexibility index (Phi) is 4.97. The zero-order valence-electron chi connectivity index (χ0n) is 10.1. The molecule has 0 aromatic heterocycles. The Balaban J connectivity index is 0.00000144. The largest absolute Gasteiger partial charge is 0.490 e. The summed E-state index contributed by atoms with van der Waals surface area (Å²) in [6.45, 7) is 4.62. The lowest BCUT2D eigenvalue weighted by molar-refractivity contribution is 0.245. The molecule has 0 saturated carbocycles. The van der Waals surface area contributed by atoms with Gasteiger partial charge in [-0.05, 0) is 30.9 Å². The fraction of sp³-hybridized carbons (Fsp3) is 0.286. The molecule has 2 aromatic rings. The van der Waals surface area contributed by atoms with Gasteiger partial charge in [-0.15, -0.1) is 17.0 Å².